The van der Waals surface area contributed by atoms with Gasteiger partial charge in [-0.2, -0.15) is 26.3 Å². The van der Waals surface area contributed by atoms with Gasteiger partial charge >= 0.3 is 18.3 Å². The van der Waals surface area contributed by atoms with E-state index in [1.807, 2.05) is 0 Å². The Balaban J connectivity index is 3.48. The average molecular weight is 379 g/mol. The molecule has 0 radical (unpaired) electrons. The van der Waals surface area contributed by atoms with Gasteiger partial charge in [-0.15, -0.1) is 0 Å². The second-order valence-electron chi connectivity index (χ2n) is 3.96. The summed E-state index contributed by atoms with van der Waals surface area (Å²) in [5, 5.41) is 0. The molecule has 0 aliphatic rings. The zero-order valence-electron chi connectivity index (χ0n) is 10.5. The van der Waals surface area contributed by atoms with Gasteiger partial charge in [0.25, 0.3) is 0 Å². The first-order valence-corrected chi connectivity index (χ1v) is 6.38. The molecular formula is C12H9BrF6O2. The van der Waals surface area contributed by atoms with E-state index in [0.717, 1.165) is 6.07 Å². The molecule has 0 saturated carbocycles. The van der Waals surface area contributed by atoms with Crippen LogP contribution in [-0.4, -0.2) is 12.6 Å². The highest BCUT2D eigenvalue weighted by Gasteiger charge is 2.45. The zero-order valence-corrected chi connectivity index (χ0v) is 12.1. The summed E-state index contributed by atoms with van der Waals surface area (Å²) in [6.45, 7) is 1.35. The van der Waals surface area contributed by atoms with Crippen molar-refractivity contribution in [1.29, 1.82) is 0 Å². The van der Waals surface area contributed by atoms with Gasteiger partial charge in [0.1, 0.15) is 0 Å². The Morgan fingerprint density at radius 3 is 2.14 bits per heavy atom. The third-order valence-electron chi connectivity index (χ3n) is 2.41. The Labute approximate surface area is 124 Å². The third kappa shape index (κ3) is 4.62. The van der Waals surface area contributed by atoms with E-state index in [0.29, 0.717) is 6.07 Å². The average Bonchev–Trinajstić information content (AvgIpc) is 2.25. The molecule has 2 nitrogen and oxygen atoms in total. The summed E-state index contributed by atoms with van der Waals surface area (Å²) in [6.07, 6.45) is -11.3. The molecule has 0 unspecified atom stereocenters. The summed E-state index contributed by atoms with van der Waals surface area (Å²) in [5.41, 5.74) is -4.50. The number of hydrogen-bond donors (Lipinski definition) is 0. The number of halogens is 7. The quantitative estimate of drug-likeness (QED) is 0.567. The number of benzene rings is 1. The Bertz CT molecular complexity index is 536. The maximum absolute atomic E-state index is 12.9. The lowest BCUT2D eigenvalue weighted by atomic mass is 9.97. The summed E-state index contributed by atoms with van der Waals surface area (Å²) in [5.74, 6) is -1.03. The van der Waals surface area contributed by atoms with Gasteiger partial charge in [0.15, 0.2) is 0 Å². The molecule has 0 saturated heterocycles. The molecule has 0 heterocycles. The topological polar surface area (TPSA) is 26.3 Å². The van der Waals surface area contributed by atoms with Crippen LogP contribution in [0.2, 0.25) is 0 Å². The van der Waals surface area contributed by atoms with Crippen LogP contribution in [-0.2, 0) is 28.3 Å². The van der Waals surface area contributed by atoms with Crippen LogP contribution in [0, 0.1) is 0 Å². The minimum Gasteiger partial charge on any atom is -0.466 e. The van der Waals surface area contributed by atoms with Crippen LogP contribution in [0.3, 0.4) is 0 Å². The maximum atomic E-state index is 12.9. The molecule has 21 heavy (non-hydrogen) atoms. The number of esters is 1. The Kier molecular flexibility index (Phi) is 5.30. The molecule has 0 amide bonds. The van der Waals surface area contributed by atoms with Crippen LogP contribution in [0.25, 0.3) is 0 Å². The highest BCUT2D eigenvalue weighted by molar-refractivity contribution is 9.10. The number of ether oxygens (including phenoxy) is 1. The normalized spacial score (nSPS) is 12.4. The fraction of sp³-hybridized carbons (Fsp3) is 0.417. The lowest BCUT2D eigenvalue weighted by molar-refractivity contribution is -0.162. The van der Waals surface area contributed by atoms with Gasteiger partial charge in [-0.1, -0.05) is 15.9 Å². The Hall–Kier alpha value is -1.25. The van der Waals surface area contributed by atoms with Gasteiger partial charge in [-0.3, -0.25) is 4.79 Å². The standard InChI is InChI=1S/C12H9BrF6O2/c1-2-21-9(20)4-6-3-7(13)5-8(11(14,15)16)10(6)12(17,18)19/h3,5H,2,4H2,1H3. The van der Waals surface area contributed by atoms with Crippen molar-refractivity contribution < 1.29 is 35.9 Å². The van der Waals surface area contributed by atoms with E-state index in [1.54, 1.807) is 0 Å². The fourth-order valence-corrected chi connectivity index (χ4v) is 2.23. The van der Waals surface area contributed by atoms with E-state index in [-0.39, 0.29) is 11.1 Å². The summed E-state index contributed by atoms with van der Waals surface area (Å²) in [7, 11) is 0. The van der Waals surface area contributed by atoms with Crippen molar-refractivity contribution in [2.45, 2.75) is 25.7 Å². The highest BCUT2D eigenvalue weighted by atomic mass is 79.9. The van der Waals surface area contributed by atoms with Gasteiger partial charge in [0, 0.05) is 4.47 Å². The van der Waals surface area contributed by atoms with Gasteiger partial charge in [-0.25, -0.2) is 0 Å². The summed E-state index contributed by atoms with van der Waals surface area (Å²) >= 11 is 2.72. The largest absolute Gasteiger partial charge is 0.466 e. The minimum absolute atomic E-state index is 0.0830. The molecule has 118 valence electrons. The molecule has 1 aromatic rings. The van der Waals surface area contributed by atoms with Crippen molar-refractivity contribution in [3.8, 4) is 0 Å². The number of hydrogen-bond acceptors (Lipinski definition) is 2. The third-order valence-corrected chi connectivity index (χ3v) is 2.87. The summed E-state index contributed by atoms with van der Waals surface area (Å²) in [6, 6.07) is 1.16. The summed E-state index contributed by atoms with van der Waals surface area (Å²) in [4.78, 5) is 11.3. The predicted octanol–water partition coefficient (Wildman–Crippen LogP) is 4.59. The molecule has 1 aromatic carbocycles. The number of rotatable bonds is 3. The van der Waals surface area contributed by atoms with Crippen LogP contribution in [0.1, 0.15) is 23.6 Å². The molecule has 9 heteroatoms. The smallest absolute Gasteiger partial charge is 0.417 e. The zero-order chi connectivity index (χ0) is 16.4. The molecule has 0 spiro atoms. The van der Waals surface area contributed by atoms with Crippen LogP contribution in [0.5, 0.6) is 0 Å². The number of carbonyl (C=O) groups is 1. The van der Waals surface area contributed by atoms with Gasteiger partial charge in [0.05, 0.1) is 24.2 Å². The van der Waals surface area contributed by atoms with Crippen molar-refractivity contribution in [3.05, 3.63) is 33.3 Å². The second kappa shape index (κ2) is 6.25. The molecule has 0 N–H and O–H groups in total. The lowest BCUT2D eigenvalue weighted by Crippen LogP contribution is -2.21. The first-order chi connectivity index (χ1) is 9.46. The van der Waals surface area contributed by atoms with Crippen molar-refractivity contribution in [1.82, 2.24) is 0 Å². The van der Waals surface area contributed by atoms with Crippen LogP contribution in [0.15, 0.2) is 16.6 Å². The number of alkyl halides is 6. The van der Waals surface area contributed by atoms with Crippen molar-refractivity contribution in [2.75, 3.05) is 6.61 Å². The first kappa shape index (κ1) is 17.8. The van der Waals surface area contributed by atoms with E-state index in [4.69, 9.17) is 0 Å². The van der Waals surface area contributed by atoms with Gasteiger partial charge < -0.3 is 4.74 Å². The minimum atomic E-state index is -5.24. The molecule has 0 atom stereocenters. The highest BCUT2D eigenvalue weighted by Crippen LogP contribution is 2.43. The monoisotopic (exact) mass is 378 g/mol. The van der Waals surface area contributed by atoms with Crippen molar-refractivity contribution in [3.63, 3.8) is 0 Å². The van der Waals surface area contributed by atoms with Crippen molar-refractivity contribution in [2.24, 2.45) is 0 Å². The fourth-order valence-electron chi connectivity index (χ4n) is 1.73. The number of carbonyl (C=O) groups excluding carboxylic acids is 1. The Morgan fingerprint density at radius 1 is 1.14 bits per heavy atom. The van der Waals surface area contributed by atoms with E-state index in [2.05, 4.69) is 20.7 Å². The van der Waals surface area contributed by atoms with Crippen LogP contribution < -0.4 is 0 Å². The molecule has 0 fully saturated rings. The molecule has 0 aliphatic heterocycles. The molecule has 0 aromatic heterocycles. The van der Waals surface area contributed by atoms with E-state index < -0.39 is 41.4 Å². The van der Waals surface area contributed by atoms with Gasteiger partial charge in [0.2, 0.25) is 0 Å². The van der Waals surface area contributed by atoms with Crippen LogP contribution in [0.4, 0.5) is 26.3 Å². The molecule has 1 rings (SSSR count). The van der Waals surface area contributed by atoms with E-state index >= 15 is 0 Å². The summed E-state index contributed by atoms with van der Waals surface area (Å²) < 4.78 is 81.5. The molecular weight excluding hydrogens is 370 g/mol. The van der Waals surface area contributed by atoms with E-state index in [1.165, 1.54) is 6.92 Å². The predicted molar refractivity (Wildman–Crippen MR) is 64.5 cm³/mol. The van der Waals surface area contributed by atoms with Crippen LogP contribution >= 0.6 is 15.9 Å². The van der Waals surface area contributed by atoms with E-state index in [9.17, 15) is 31.1 Å². The molecule has 0 aliphatic carbocycles. The second-order valence-corrected chi connectivity index (χ2v) is 4.88. The molecule has 0 bridgehead atoms. The Morgan fingerprint density at radius 2 is 1.71 bits per heavy atom. The first-order valence-electron chi connectivity index (χ1n) is 5.59. The van der Waals surface area contributed by atoms with Crippen molar-refractivity contribution >= 4 is 21.9 Å². The maximum Gasteiger partial charge on any atom is 0.417 e. The van der Waals surface area contributed by atoms with Gasteiger partial charge in [-0.05, 0) is 24.6 Å². The SMILES string of the molecule is CCOC(=O)Cc1cc(Br)cc(C(F)(F)F)c1C(F)(F)F. The lowest BCUT2D eigenvalue weighted by Gasteiger charge is -2.19.